The van der Waals surface area contributed by atoms with Gasteiger partial charge in [-0.3, -0.25) is 0 Å². The molecule has 0 aliphatic carbocycles. The average Bonchev–Trinajstić information content (AvgIpc) is 2.71. The summed E-state index contributed by atoms with van der Waals surface area (Å²) in [6.45, 7) is 9.75. The van der Waals surface area contributed by atoms with E-state index in [4.69, 9.17) is 18.9 Å². The molecule has 0 N–H and O–H groups in total. The highest BCUT2D eigenvalue weighted by atomic mass is 16.8. The maximum Gasteiger partial charge on any atom is 0.186 e. The summed E-state index contributed by atoms with van der Waals surface area (Å²) < 4.78 is 22.9. The summed E-state index contributed by atoms with van der Waals surface area (Å²) in [5.41, 5.74) is 0. The van der Waals surface area contributed by atoms with Gasteiger partial charge in [-0.15, -0.1) is 6.58 Å². The Morgan fingerprint density at radius 1 is 1.35 bits per heavy atom. The summed E-state index contributed by atoms with van der Waals surface area (Å²) in [5, 5.41) is 0. The minimum Gasteiger partial charge on any atom is -0.353 e. The molecule has 0 saturated carbocycles. The zero-order chi connectivity index (χ0) is 12.6. The highest BCUT2D eigenvalue weighted by Crippen LogP contribution is 2.41. The summed E-state index contributed by atoms with van der Waals surface area (Å²) in [5.74, 6) is -0.208. The zero-order valence-electron chi connectivity index (χ0n) is 11.0. The van der Waals surface area contributed by atoms with Crippen LogP contribution < -0.4 is 0 Å². The first-order valence-corrected chi connectivity index (χ1v) is 6.13. The number of allylic oxidation sites excluding steroid dienone is 1. The van der Waals surface area contributed by atoms with Crippen molar-refractivity contribution in [3.05, 3.63) is 12.7 Å². The van der Waals surface area contributed by atoms with E-state index in [0.29, 0.717) is 5.92 Å². The molecule has 4 heteroatoms. The predicted molar refractivity (Wildman–Crippen MR) is 63.5 cm³/mol. The first-order valence-electron chi connectivity index (χ1n) is 6.13. The lowest BCUT2D eigenvalue weighted by molar-refractivity contribution is -0.231. The van der Waals surface area contributed by atoms with E-state index in [2.05, 4.69) is 13.5 Å². The van der Waals surface area contributed by atoms with E-state index in [-0.39, 0.29) is 24.6 Å². The van der Waals surface area contributed by atoms with Gasteiger partial charge in [0, 0.05) is 7.11 Å². The van der Waals surface area contributed by atoms with E-state index in [1.165, 1.54) is 0 Å². The minimum atomic E-state index is -0.554. The molecule has 0 spiro atoms. The van der Waals surface area contributed by atoms with E-state index >= 15 is 0 Å². The van der Waals surface area contributed by atoms with Crippen molar-refractivity contribution in [1.82, 2.24) is 0 Å². The predicted octanol–water partition coefficient (Wildman–Crippen LogP) is 2.09. The van der Waals surface area contributed by atoms with E-state index < -0.39 is 5.79 Å². The van der Waals surface area contributed by atoms with Crippen molar-refractivity contribution in [3.8, 4) is 0 Å². The fraction of sp³-hybridized carbons (Fsp3) is 0.846. The number of hydrogen-bond donors (Lipinski definition) is 0. The monoisotopic (exact) mass is 242 g/mol. The van der Waals surface area contributed by atoms with Gasteiger partial charge in [-0.05, 0) is 26.2 Å². The molecule has 2 aliphatic heterocycles. The van der Waals surface area contributed by atoms with E-state index in [9.17, 15) is 0 Å². The van der Waals surface area contributed by atoms with Gasteiger partial charge in [0.1, 0.15) is 12.2 Å². The molecule has 17 heavy (non-hydrogen) atoms. The lowest BCUT2D eigenvalue weighted by Crippen LogP contribution is -2.34. The third-order valence-corrected chi connectivity index (χ3v) is 3.38. The van der Waals surface area contributed by atoms with Gasteiger partial charge in [0.05, 0.1) is 6.10 Å². The molecule has 4 nitrogen and oxygen atoms in total. The van der Waals surface area contributed by atoms with Crippen molar-refractivity contribution in [1.29, 1.82) is 0 Å². The molecule has 0 bridgehead atoms. The molecule has 2 saturated heterocycles. The van der Waals surface area contributed by atoms with Gasteiger partial charge in [0.2, 0.25) is 0 Å². The Labute approximate surface area is 103 Å². The van der Waals surface area contributed by atoms with Crippen LogP contribution in [0.5, 0.6) is 0 Å². The molecule has 0 aromatic rings. The van der Waals surface area contributed by atoms with Crippen molar-refractivity contribution >= 4 is 0 Å². The molecule has 2 rings (SSSR count). The third-order valence-electron chi connectivity index (χ3n) is 3.38. The van der Waals surface area contributed by atoms with Crippen LogP contribution in [0.3, 0.4) is 0 Å². The van der Waals surface area contributed by atoms with Crippen LogP contribution in [0.25, 0.3) is 0 Å². The molecule has 2 aliphatic rings. The first kappa shape index (κ1) is 13.0. The second-order valence-corrected chi connectivity index (χ2v) is 5.27. The highest BCUT2D eigenvalue weighted by molar-refractivity contribution is 4.97. The van der Waals surface area contributed by atoms with Crippen LogP contribution in [0.1, 0.15) is 27.2 Å². The topological polar surface area (TPSA) is 36.9 Å². The van der Waals surface area contributed by atoms with Gasteiger partial charge < -0.3 is 18.9 Å². The van der Waals surface area contributed by atoms with E-state index in [1.54, 1.807) is 7.11 Å². The van der Waals surface area contributed by atoms with Gasteiger partial charge in [-0.1, -0.05) is 13.0 Å². The number of rotatable bonds is 4. The van der Waals surface area contributed by atoms with E-state index in [1.807, 2.05) is 19.9 Å². The lowest BCUT2D eigenvalue weighted by atomic mass is 9.96. The number of hydrogen-bond acceptors (Lipinski definition) is 4. The third kappa shape index (κ3) is 2.40. The molecule has 2 fully saturated rings. The quantitative estimate of drug-likeness (QED) is 0.707. The van der Waals surface area contributed by atoms with Crippen LogP contribution in [0.4, 0.5) is 0 Å². The van der Waals surface area contributed by atoms with Crippen LogP contribution in [0.15, 0.2) is 12.7 Å². The molecular weight excluding hydrogens is 220 g/mol. The van der Waals surface area contributed by atoms with Crippen molar-refractivity contribution in [2.24, 2.45) is 5.92 Å². The Bertz CT molecular complexity index is 289. The fourth-order valence-electron chi connectivity index (χ4n) is 2.64. The molecule has 5 atom stereocenters. The van der Waals surface area contributed by atoms with Crippen molar-refractivity contribution in [2.75, 3.05) is 7.11 Å². The van der Waals surface area contributed by atoms with Crippen LogP contribution in [-0.4, -0.2) is 37.5 Å². The molecule has 0 aromatic carbocycles. The standard InChI is InChI=1S/C13H22O4/c1-6-7-8(2)9-10-11(12(14-5)15-9)17-13(3,4)16-10/h6,8-12H,1,7H2,2-5H3/t8-,9?,10?,11?,12?/m1/s1. The normalized spacial score (nSPS) is 41.2. The molecule has 4 unspecified atom stereocenters. The fourth-order valence-corrected chi connectivity index (χ4v) is 2.64. The number of methoxy groups -OCH3 is 1. The molecule has 0 radical (unpaired) electrons. The second kappa shape index (κ2) is 4.69. The van der Waals surface area contributed by atoms with Crippen molar-refractivity contribution in [2.45, 2.75) is 57.6 Å². The molecule has 2 heterocycles. The summed E-state index contributed by atoms with van der Waals surface area (Å²) in [7, 11) is 1.64. The lowest BCUT2D eigenvalue weighted by Gasteiger charge is -2.26. The van der Waals surface area contributed by atoms with Gasteiger partial charge in [-0.25, -0.2) is 0 Å². The Morgan fingerprint density at radius 2 is 2.00 bits per heavy atom. The maximum atomic E-state index is 5.92. The highest BCUT2D eigenvalue weighted by Gasteiger charge is 2.56. The van der Waals surface area contributed by atoms with Gasteiger partial charge >= 0.3 is 0 Å². The molecule has 0 amide bonds. The average molecular weight is 242 g/mol. The van der Waals surface area contributed by atoms with Gasteiger partial charge in [0.25, 0.3) is 0 Å². The van der Waals surface area contributed by atoms with Crippen LogP contribution in [0, 0.1) is 5.92 Å². The SMILES string of the molecule is C=CC[C@@H](C)C1OC(OC)C2OC(C)(C)OC21. The molecular formula is C13H22O4. The Hall–Kier alpha value is -0.420. The van der Waals surface area contributed by atoms with Crippen molar-refractivity contribution < 1.29 is 18.9 Å². The molecule has 98 valence electrons. The number of ether oxygens (including phenoxy) is 4. The van der Waals surface area contributed by atoms with Crippen LogP contribution in [0.2, 0.25) is 0 Å². The zero-order valence-corrected chi connectivity index (χ0v) is 11.0. The smallest absolute Gasteiger partial charge is 0.186 e. The van der Waals surface area contributed by atoms with Gasteiger partial charge in [0.15, 0.2) is 12.1 Å². The van der Waals surface area contributed by atoms with Crippen molar-refractivity contribution in [3.63, 3.8) is 0 Å². The van der Waals surface area contributed by atoms with Crippen LogP contribution >= 0.6 is 0 Å². The summed E-state index contributed by atoms with van der Waals surface area (Å²) in [6.07, 6.45) is 2.29. The summed E-state index contributed by atoms with van der Waals surface area (Å²) in [6, 6.07) is 0. The molecule has 0 aromatic heterocycles. The minimum absolute atomic E-state index is 0.00437. The Balaban J connectivity index is 2.12. The van der Waals surface area contributed by atoms with E-state index in [0.717, 1.165) is 6.42 Å². The Morgan fingerprint density at radius 3 is 2.59 bits per heavy atom. The van der Waals surface area contributed by atoms with Gasteiger partial charge in [-0.2, -0.15) is 0 Å². The number of fused-ring (bicyclic) bond motifs is 1. The summed E-state index contributed by atoms with van der Waals surface area (Å²) in [4.78, 5) is 0. The first-order chi connectivity index (χ1) is 7.98. The largest absolute Gasteiger partial charge is 0.353 e. The second-order valence-electron chi connectivity index (χ2n) is 5.27. The summed E-state index contributed by atoms with van der Waals surface area (Å²) >= 11 is 0. The maximum absolute atomic E-state index is 5.92. The Kier molecular flexibility index (Phi) is 3.59. The van der Waals surface area contributed by atoms with Crippen LogP contribution in [-0.2, 0) is 18.9 Å².